The number of amides is 1. The summed E-state index contributed by atoms with van der Waals surface area (Å²) in [4.78, 5) is 16.7. The number of halogens is 1. The van der Waals surface area contributed by atoms with Gasteiger partial charge in [-0.15, -0.1) is 11.3 Å². The molecule has 3 rings (SSSR count). The average molecular weight is 443 g/mol. The van der Waals surface area contributed by atoms with Crippen LogP contribution in [0.2, 0.25) is 0 Å². The van der Waals surface area contributed by atoms with E-state index in [0.717, 1.165) is 21.3 Å². The van der Waals surface area contributed by atoms with Crippen LogP contribution in [0.5, 0.6) is 5.75 Å². The fourth-order valence-corrected chi connectivity index (χ4v) is 3.61. The Balaban J connectivity index is 1.71. The Morgan fingerprint density at radius 2 is 2.00 bits per heavy atom. The standard InChI is InChI=1S/C21H19BrN2O2S/c1-13-4-5-15(10-14(13)2)18-12-27-21(23-18)24-20(25)9-6-16-11-17(22)7-8-19(16)26-3/h4-12H,1-3H3,(H,23,24,25)/b9-6+. The van der Waals surface area contributed by atoms with E-state index in [1.54, 1.807) is 13.2 Å². The summed E-state index contributed by atoms with van der Waals surface area (Å²) in [6.07, 6.45) is 3.19. The lowest BCUT2D eigenvalue weighted by molar-refractivity contribution is -0.111. The Labute approximate surface area is 171 Å². The number of hydrogen-bond acceptors (Lipinski definition) is 4. The lowest BCUT2D eigenvalue weighted by atomic mass is 10.1. The van der Waals surface area contributed by atoms with Crippen LogP contribution >= 0.6 is 27.3 Å². The first-order chi connectivity index (χ1) is 13.0. The van der Waals surface area contributed by atoms with E-state index < -0.39 is 0 Å². The average Bonchev–Trinajstić information content (AvgIpc) is 3.11. The van der Waals surface area contributed by atoms with Crippen LogP contribution < -0.4 is 10.1 Å². The number of methoxy groups -OCH3 is 1. The third kappa shape index (κ3) is 4.84. The molecule has 6 heteroatoms. The summed E-state index contributed by atoms with van der Waals surface area (Å²) in [7, 11) is 1.60. The molecule has 0 bridgehead atoms. The zero-order valence-corrected chi connectivity index (χ0v) is 17.6. The number of rotatable bonds is 5. The van der Waals surface area contributed by atoms with Crippen LogP contribution in [0.3, 0.4) is 0 Å². The number of thiazole rings is 1. The molecule has 0 aliphatic heterocycles. The Hall–Kier alpha value is -2.44. The summed E-state index contributed by atoms with van der Waals surface area (Å²) in [5.41, 5.74) is 5.19. The minimum absolute atomic E-state index is 0.238. The summed E-state index contributed by atoms with van der Waals surface area (Å²) >= 11 is 4.83. The van der Waals surface area contributed by atoms with E-state index in [9.17, 15) is 4.79 Å². The van der Waals surface area contributed by atoms with Gasteiger partial charge in [-0.05, 0) is 55.3 Å². The Morgan fingerprint density at radius 3 is 2.74 bits per heavy atom. The summed E-state index contributed by atoms with van der Waals surface area (Å²) in [5, 5.41) is 5.32. The molecule has 27 heavy (non-hydrogen) atoms. The van der Waals surface area contributed by atoms with E-state index in [0.29, 0.717) is 10.9 Å². The highest BCUT2D eigenvalue weighted by molar-refractivity contribution is 9.10. The molecule has 1 amide bonds. The molecule has 1 aromatic heterocycles. The molecule has 138 valence electrons. The number of aryl methyl sites for hydroxylation is 2. The number of benzene rings is 2. The van der Waals surface area contributed by atoms with E-state index >= 15 is 0 Å². The van der Waals surface area contributed by atoms with Crippen molar-refractivity contribution in [2.75, 3.05) is 12.4 Å². The maximum Gasteiger partial charge on any atom is 0.250 e. The molecular weight excluding hydrogens is 424 g/mol. The van der Waals surface area contributed by atoms with Crippen molar-refractivity contribution in [1.29, 1.82) is 0 Å². The molecule has 0 atom stereocenters. The predicted molar refractivity (Wildman–Crippen MR) is 115 cm³/mol. The van der Waals surface area contributed by atoms with Crippen molar-refractivity contribution in [3.8, 4) is 17.0 Å². The van der Waals surface area contributed by atoms with Crippen molar-refractivity contribution in [2.24, 2.45) is 0 Å². The van der Waals surface area contributed by atoms with Gasteiger partial charge in [0.1, 0.15) is 5.75 Å². The van der Waals surface area contributed by atoms with Gasteiger partial charge >= 0.3 is 0 Å². The monoisotopic (exact) mass is 442 g/mol. The molecule has 1 N–H and O–H groups in total. The van der Waals surface area contributed by atoms with E-state index in [4.69, 9.17) is 4.74 Å². The topological polar surface area (TPSA) is 51.2 Å². The van der Waals surface area contributed by atoms with Crippen molar-refractivity contribution >= 4 is 44.4 Å². The van der Waals surface area contributed by atoms with Gasteiger partial charge in [-0.3, -0.25) is 10.1 Å². The summed E-state index contributed by atoms with van der Waals surface area (Å²) < 4.78 is 6.23. The quantitative estimate of drug-likeness (QED) is 0.504. The maximum absolute atomic E-state index is 12.2. The molecule has 0 unspecified atom stereocenters. The van der Waals surface area contributed by atoms with E-state index in [-0.39, 0.29) is 5.91 Å². The Bertz CT molecular complexity index is 1010. The van der Waals surface area contributed by atoms with Crippen LogP contribution in [-0.4, -0.2) is 18.0 Å². The van der Waals surface area contributed by atoms with Gasteiger partial charge in [0.25, 0.3) is 0 Å². The number of anilines is 1. The lowest BCUT2D eigenvalue weighted by Gasteiger charge is -2.04. The summed E-state index contributed by atoms with van der Waals surface area (Å²) in [6.45, 7) is 4.16. The van der Waals surface area contributed by atoms with Gasteiger partial charge in [0.2, 0.25) is 5.91 Å². The SMILES string of the molecule is COc1ccc(Br)cc1/C=C/C(=O)Nc1nc(-c2ccc(C)c(C)c2)cs1. The first-order valence-corrected chi connectivity index (χ1v) is 9.99. The van der Waals surface area contributed by atoms with Gasteiger partial charge in [0.15, 0.2) is 5.13 Å². The van der Waals surface area contributed by atoms with Crippen LogP contribution in [-0.2, 0) is 4.79 Å². The number of nitrogens with one attached hydrogen (secondary N) is 1. The predicted octanol–water partition coefficient (Wildman–Crippen LogP) is 5.85. The minimum atomic E-state index is -0.238. The van der Waals surface area contributed by atoms with Crippen LogP contribution in [0.15, 0.2) is 52.3 Å². The van der Waals surface area contributed by atoms with E-state index in [1.807, 2.05) is 29.6 Å². The molecule has 4 nitrogen and oxygen atoms in total. The second-order valence-corrected chi connectivity index (χ2v) is 7.82. The smallest absolute Gasteiger partial charge is 0.250 e. The number of hydrogen-bond donors (Lipinski definition) is 1. The summed E-state index contributed by atoms with van der Waals surface area (Å²) in [5.74, 6) is 0.464. The molecule has 0 aliphatic rings. The zero-order chi connectivity index (χ0) is 19.4. The highest BCUT2D eigenvalue weighted by Crippen LogP contribution is 2.27. The van der Waals surface area contributed by atoms with Gasteiger partial charge in [-0.2, -0.15) is 0 Å². The fraction of sp³-hybridized carbons (Fsp3) is 0.143. The van der Waals surface area contributed by atoms with Crippen LogP contribution in [0.1, 0.15) is 16.7 Å². The molecule has 0 spiro atoms. The maximum atomic E-state index is 12.2. The number of nitrogens with zero attached hydrogens (tertiary/aromatic N) is 1. The minimum Gasteiger partial charge on any atom is -0.496 e. The largest absolute Gasteiger partial charge is 0.496 e. The highest BCUT2D eigenvalue weighted by Gasteiger charge is 2.08. The zero-order valence-electron chi connectivity index (χ0n) is 15.2. The van der Waals surface area contributed by atoms with Crippen molar-refractivity contribution < 1.29 is 9.53 Å². The molecular formula is C21H19BrN2O2S. The molecule has 0 saturated heterocycles. The summed E-state index contributed by atoms with van der Waals surface area (Å²) in [6, 6.07) is 11.9. The van der Waals surface area contributed by atoms with E-state index in [1.165, 1.54) is 28.5 Å². The number of carbonyl (C=O) groups excluding carboxylic acids is 1. The van der Waals surface area contributed by atoms with Gasteiger partial charge < -0.3 is 4.74 Å². The highest BCUT2D eigenvalue weighted by atomic mass is 79.9. The molecule has 3 aromatic rings. The van der Waals surface area contributed by atoms with Gasteiger partial charge in [0, 0.05) is 27.1 Å². The Morgan fingerprint density at radius 1 is 1.19 bits per heavy atom. The van der Waals surface area contributed by atoms with Crippen LogP contribution in [0.25, 0.3) is 17.3 Å². The van der Waals surface area contributed by atoms with E-state index in [2.05, 4.69) is 52.2 Å². The normalized spacial score (nSPS) is 11.0. The van der Waals surface area contributed by atoms with Crippen molar-refractivity contribution in [3.63, 3.8) is 0 Å². The first-order valence-electron chi connectivity index (χ1n) is 8.32. The van der Waals surface area contributed by atoms with Crippen LogP contribution in [0.4, 0.5) is 5.13 Å². The first kappa shape index (κ1) is 19.3. The van der Waals surface area contributed by atoms with Gasteiger partial charge in [-0.25, -0.2) is 4.98 Å². The Kier molecular flexibility index (Phi) is 6.08. The number of ether oxygens (including phenoxy) is 1. The molecule has 1 heterocycles. The van der Waals surface area contributed by atoms with Crippen molar-refractivity contribution in [1.82, 2.24) is 4.98 Å². The molecule has 0 radical (unpaired) electrons. The molecule has 0 aliphatic carbocycles. The second kappa shape index (κ2) is 8.50. The molecule has 2 aromatic carbocycles. The van der Waals surface area contributed by atoms with Crippen molar-refractivity contribution in [3.05, 3.63) is 69.0 Å². The fourth-order valence-electron chi connectivity index (χ4n) is 2.51. The van der Waals surface area contributed by atoms with Gasteiger partial charge in [0.05, 0.1) is 12.8 Å². The third-order valence-electron chi connectivity index (χ3n) is 4.14. The second-order valence-electron chi connectivity index (χ2n) is 6.05. The molecule has 0 saturated carbocycles. The lowest BCUT2D eigenvalue weighted by Crippen LogP contribution is -2.07. The third-order valence-corrected chi connectivity index (χ3v) is 5.39. The van der Waals surface area contributed by atoms with Gasteiger partial charge in [-0.1, -0.05) is 28.1 Å². The van der Waals surface area contributed by atoms with Crippen molar-refractivity contribution in [2.45, 2.75) is 13.8 Å². The molecule has 0 fully saturated rings. The number of aromatic nitrogens is 1. The number of carbonyl (C=O) groups is 1. The van der Waals surface area contributed by atoms with Crippen LogP contribution in [0, 0.1) is 13.8 Å².